The molecule has 1 aliphatic heterocycles. The van der Waals surface area contributed by atoms with Gasteiger partial charge in [-0.25, -0.2) is 9.98 Å². The zero-order valence-electron chi connectivity index (χ0n) is 5.00. The van der Waals surface area contributed by atoms with E-state index >= 15 is 0 Å². The minimum Gasteiger partial charge on any atom is -0.280 e. The Morgan fingerprint density at radius 2 is 2.11 bits per heavy atom. The van der Waals surface area contributed by atoms with Gasteiger partial charge in [0.25, 0.3) is 0 Å². The molecule has 0 saturated heterocycles. The Hall–Kier alpha value is -1.37. The first-order chi connectivity index (χ1) is 4.27. The third-order valence-corrected chi connectivity index (χ3v) is 1.01. The molecule has 0 aromatic heterocycles. The molecular formula is C5H6N4. The second kappa shape index (κ2) is 1.86. The van der Waals surface area contributed by atoms with Gasteiger partial charge in [-0.05, 0) is 0 Å². The number of nitrogens with one attached hydrogen (secondary N) is 1. The number of nitrogens with zero attached hydrogens (tertiary/aromatic N) is 3. The maximum Gasteiger partial charge on any atom is 0.230 e. The predicted octanol–water partition coefficient (Wildman–Crippen LogP) is -0.114. The SMILES string of the molecule is CC1(NC#N)N=CC=N1. The van der Waals surface area contributed by atoms with Gasteiger partial charge in [0.15, 0.2) is 6.19 Å². The fraction of sp³-hybridized carbons (Fsp3) is 0.400. The smallest absolute Gasteiger partial charge is 0.230 e. The maximum absolute atomic E-state index is 8.18. The number of rotatable bonds is 1. The molecule has 0 aliphatic carbocycles. The molecular weight excluding hydrogens is 116 g/mol. The topological polar surface area (TPSA) is 60.5 Å². The molecule has 0 saturated carbocycles. The van der Waals surface area contributed by atoms with Crippen LogP contribution in [0.5, 0.6) is 0 Å². The Bertz CT molecular complexity index is 185. The van der Waals surface area contributed by atoms with E-state index in [1.807, 2.05) is 0 Å². The third-order valence-electron chi connectivity index (χ3n) is 1.01. The first-order valence-corrected chi connectivity index (χ1v) is 2.52. The summed E-state index contributed by atoms with van der Waals surface area (Å²) in [7, 11) is 0. The Kier molecular flexibility index (Phi) is 1.19. The Morgan fingerprint density at radius 3 is 2.56 bits per heavy atom. The lowest BCUT2D eigenvalue weighted by Crippen LogP contribution is -2.32. The Morgan fingerprint density at radius 1 is 1.56 bits per heavy atom. The van der Waals surface area contributed by atoms with Gasteiger partial charge in [-0.15, -0.1) is 0 Å². The second-order valence-electron chi connectivity index (χ2n) is 1.81. The minimum atomic E-state index is -0.727. The molecule has 0 spiro atoms. The van der Waals surface area contributed by atoms with E-state index in [-0.39, 0.29) is 0 Å². The van der Waals surface area contributed by atoms with E-state index in [4.69, 9.17) is 5.26 Å². The van der Waals surface area contributed by atoms with Crippen molar-refractivity contribution >= 4 is 12.4 Å². The van der Waals surface area contributed by atoms with Gasteiger partial charge in [0.05, 0.1) is 0 Å². The van der Waals surface area contributed by atoms with Crippen molar-refractivity contribution in [2.75, 3.05) is 0 Å². The predicted molar refractivity (Wildman–Crippen MR) is 34.1 cm³/mol. The summed E-state index contributed by atoms with van der Waals surface area (Å²) in [5.41, 5.74) is 0. The van der Waals surface area contributed by atoms with Crippen molar-refractivity contribution in [3.05, 3.63) is 0 Å². The standard InChI is InChI=1S/C5H6N4/c1-5(9-4-6)7-2-3-8-5/h2-3,9H,1H3. The molecule has 0 aromatic carbocycles. The highest BCUT2D eigenvalue weighted by atomic mass is 15.3. The number of aliphatic imine (C=N–C) groups is 2. The van der Waals surface area contributed by atoms with Gasteiger partial charge in [-0.3, -0.25) is 5.32 Å². The van der Waals surface area contributed by atoms with E-state index in [1.165, 1.54) is 0 Å². The first kappa shape index (κ1) is 5.76. The zero-order valence-corrected chi connectivity index (χ0v) is 5.00. The van der Waals surface area contributed by atoms with E-state index in [2.05, 4.69) is 15.3 Å². The first-order valence-electron chi connectivity index (χ1n) is 2.52. The van der Waals surface area contributed by atoms with Gasteiger partial charge < -0.3 is 0 Å². The highest BCUT2D eigenvalue weighted by Gasteiger charge is 2.20. The lowest BCUT2D eigenvalue weighted by atomic mass is 10.4. The molecule has 0 atom stereocenters. The molecule has 1 N–H and O–H groups in total. The molecule has 0 radical (unpaired) electrons. The lowest BCUT2D eigenvalue weighted by molar-refractivity contribution is 0.462. The molecule has 0 amide bonds. The van der Waals surface area contributed by atoms with E-state index < -0.39 is 5.79 Å². The molecule has 1 aliphatic rings. The van der Waals surface area contributed by atoms with Gasteiger partial charge >= 0.3 is 0 Å². The quantitative estimate of drug-likeness (QED) is 0.389. The molecule has 0 bridgehead atoms. The van der Waals surface area contributed by atoms with Crippen LogP contribution in [0.15, 0.2) is 9.98 Å². The van der Waals surface area contributed by atoms with Gasteiger partial charge in [0.1, 0.15) is 0 Å². The van der Waals surface area contributed by atoms with Crippen LogP contribution in [-0.2, 0) is 0 Å². The largest absolute Gasteiger partial charge is 0.280 e. The molecule has 46 valence electrons. The van der Waals surface area contributed by atoms with E-state index in [9.17, 15) is 0 Å². The van der Waals surface area contributed by atoms with Crippen LogP contribution in [0.3, 0.4) is 0 Å². The van der Waals surface area contributed by atoms with E-state index in [0.29, 0.717) is 0 Å². The monoisotopic (exact) mass is 122 g/mol. The van der Waals surface area contributed by atoms with Gasteiger partial charge in [0, 0.05) is 19.4 Å². The van der Waals surface area contributed by atoms with Crippen molar-refractivity contribution in [2.24, 2.45) is 9.98 Å². The fourth-order valence-corrected chi connectivity index (χ4v) is 0.561. The fourth-order valence-electron chi connectivity index (χ4n) is 0.561. The van der Waals surface area contributed by atoms with Crippen LogP contribution >= 0.6 is 0 Å². The van der Waals surface area contributed by atoms with Crippen LogP contribution < -0.4 is 5.32 Å². The Labute approximate surface area is 52.9 Å². The van der Waals surface area contributed by atoms with Crippen molar-refractivity contribution in [1.82, 2.24) is 5.32 Å². The van der Waals surface area contributed by atoms with Crippen LogP contribution in [0.1, 0.15) is 6.92 Å². The van der Waals surface area contributed by atoms with Gasteiger partial charge in [-0.1, -0.05) is 0 Å². The van der Waals surface area contributed by atoms with Crippen LogP contribution in [0.25, 0.3) is 0 Å². The van der Waals surface area contributed by atoms with E-state index in [0.717, 1.165) is 0 Å². The van der Waals surface area contributed by atoms with Crippen molar-refractivity contribution in [2.45, 2.75) is 12.7 Å². The Balaban J connectivity index is 2.67. The molecule has 0 aromatic rings. The maximum atomic E-state index is 8.18. The summed E-state index contributed by atoms with van der Waals surface area (Å²) in [6.07, 6.45) is 4.89. The highest BCUT2D eigenvalue weighted by molar-refractivity contribution is 6.17. The summed E-state index contributed by atoms with van der Waals surface area (Å²) < 4.78 is 0. The molecule has 4 nitrogen and oxygen atoms in total. The molecule has 0 fully saturated rings. The third kappa shape index (κ3) is 1.05. The summed E-state index contributed by atoms with van der Waals surface area (Å²) in [6.45, 7) is 1.72. The van der Waals surface area contributed by atoms with Crippen molar-refractivity contribution in [3.63, 3.8) is 0 Å². The van der Waals surface area contributed by atoms with Crippen molar-refractivity contribution in [3.8, 4) is 6.19 Å². The minimum absolute atomic E-state index is 0.727. The van der Waals surface area contributed by atoms with Crippen molar-refractivity contribution in [1.29, 1.82) is 5.26 Å². The highest BCUT2D eigenvalue weighted by Crippen LogP contribution is 2.08. The summed E-state index contributed by atoms with van der Waals surface area (Å²) in [4.78, 5) is 7.75. The van der Waals surface area contributed by atoms with Crippen LogP contribution in [-0.4, -0.2) is 18.2 Å². The normalized spacial score (nSPS) is 19.6. The van der Waals surface area contributed by atoms with Gasteiger partial charge in [-0.2, -0.15) is 5.26 Å². The molecule has 9 heavy (non-hydrogen) atoms. The van der Waals surface area contributed by atoms with E-state index in [1.54, 1.807) is 25.5 Å². The zero-order chi connectivity index (χ0) is 6.74. The second-order valence-corrected chi connectivity index (χ2v) is 1.81. The molecule has 1 heterocycles. The summed E-state index contributed by atoms with van der Waals surface area (Å²) in [5, 5.41) is 10.6. The molecule has 0 unspecified atom stereocenters. The average molecular weight is 122 g/mol. The van der Waals surface area contributed by atoms with Gasteiger partial charge in [0.2, 0.25) is 5.79 Å². The average Bonchev–Trinajstić information content (AvgIpc) is 2.16. The summed E-state index contributed by atoms with van der Waals surface area (Å²) in [5.74, 6) is -0.727. The van der Waals surface area contributed by atoms with Crippen LogP contribution in [0.2, 0.25) is 0 Å². The number of hydrogen-bond acceptors (Lipinski definition) is 4. The number of hydrogen-bond donors (Lipinski definition) is 1. The number of nitriles is 1. The molecule has 1 rings (SSSR count). The van der Waals surface area contributed by atoms with Crippen LogP contribution in [0.4, 0.5) is 0 Å². The van der Waals surface area contributed by atoms with Crippen LogP contribution in [0, 0.1) is 11.5 Å². The molecule has 4 heteroatoms. The lowest BCUT2D eigenvalue weighted by Gasteiger charge is -2.12. The summed E-state index contributed by atoms with van der Waals surface area (Å²) >= 11 is 0. The summed E-state index contributed by atoms with van der Waals surface area (Å²) in [6, 6.07) is 0. The van der Waals surface area contributed by atoms with Crippen molar-refractivity contribution < 1.29 is 0 Å².